The number of rotatable bonds is 1. The molecule has 84 valence electrons. The van der Waals surface area contributed by atoms with Crippen molar-refractivity contribution in [2.75, 3.05) is 0 Å². The minimum absolute atomic E-state index is 0.179. The Kier molecular flexibility index (Phi) is 2.11. The first-order valence-electron chi connectivity index (χ1n) is 5.23. The van der Waals surface area contributed by atoms with Gasteiger partial charge in [0.15, 0.2) is 0 Å². The van der Waals surface area contributed by atoms with Crippen LogP contribution in [0.1, 0.15) is 21.5 Å². The quantitative estimate of drug-likeness (QED) is 0.758. The number of thioether (sulfide) groups is 1. The first-order chi connectivity index (χ1) is 8.11. The summed E-state index contributed by atoms with van der Waals surface area (Å²) >= 11 is 1.57. The lowest BCUT2D eigenvalue weighted by Gasteiger charge is -2.12. The summed E-state index contributed by atoms with van der Waals surface area (Å²) in [5.74, 6) is -0.579. The Morgan fingerprint density at radius 3 is 2.76 bits per heavy atom. The van der Waals surface area contributed by atoms with Crippen molar-refractivity contribution in [1.29, 1.82) is 0 Å². The molecule has 3 nitrogen and oxygen atoms in total. The van der Waals surface area contributed by atoms with Crippen molar-refractivity contribution in [3.63, 3.8) is 0 Å². The van der Waals surface area contributed by atoms with Crippen molar-refractivity contribution in [1.82, 2.24) is 0 Å². The molecule has 0 spiro atoms. The lowest BCUT2D eigenvalue weighted by Crippen LogP contribution is -2.58. The van der Waals surface area contributed by atoms with Gasteiger partial charge < -0.3 is 0 Å². The van der Waals surface area contributed by atoms with Gasteiger partial charge in [0.05, 0.1) is 0 Å². The molecule has 0 fully saturated rings. The minimum atomic E-state index is -0.400. The van der Waals surface area contributed by atoms with Crippen molar-refractivity contribution in [2.24, 2.45) is 0 Å². The number of ketones is 1. The van der Waals surface area contributed by atoms with Crippen molar-refractivity contribution < 1.29 is 15.3 Å². The van der Waals surface area contributed by atoms with E-state index in [0.717, 1.165) is 21.6 Å². The standard InChI is InChI=1S/C13H9NO2S/c1-6-2-3-8-10-7(4-5-17-8)11(13(14)16)12(15)9(6)10/h2-5H,1H3,(H2,14,16)/p+1. The van der Waals surface area contributed by atoms with Gasteiger partial charge in [0, 0.05) is 21.6 Å². The van der Waals surface area contributed by atoms with E-state index in [4.69, 9.17) is 0 Å². The molecule has 0 radical (unpaired) electrons. The van der Waals surface area contributed by atoms with E-state index in [1.54, 1.807) is 11.8 Å². The lowest BCUT2D eigenvalue weighted by atomic mass is 10.0. The van der Waals surface area contributed by atoms with E-state index in [-0.39, 0.29) is 11.4 Å². The van der Waals surface area contributed by atoms with Gasteiger partial charge in [-0.25, -0.2) is 4.79 Å². The van der Waals surface area contributed by atoms with Gasteiger partial charge in [0.1, 0.15) is 5.57 Å². The van der Waals surface area contributed by atoms with Crippen LogP contribution in [-0.2, 0) is 4.79 Å². The summed E-state index contributed by atoms with van der Waals surface area (Å²) in [7, 11) is 0. The maximum atomic E-state index is 12.2. The predicted molar refractivity (Wildman–Crippen MR) is 65.3 cm³/mol. The molecule has 0 saturated heterocycles. The summed E-state index contributed by atoms with van der Waals surface area (Å²) in [5, 5.41) is 1.90. The molecule has 1 heterocycles. The monoisotopic (exact) mass is 244 g/mol. The largest absolute Gasteiger partial charge is 0.345 e. The normalized spacial score (nSPS) is 16.5. The van der Waals surface area contributed by atoms with Gasteiger partial charge >= 0.3 is 5.91 Å². The van der Waals surface area contributed by atoms with Crippen molar-refractivity contribution in [2.45, 2.75) is 11.8 Å². The van der Waals surface area contributed by atoms with Crippen LogP contribution in [0.15, 0.2) is 34.1 Å². The van der Waals surface area contributed by atoms with Crippen molar-refractivity contribution >= 4 is 29.0 Å². The molecular weight excluding hydrogens is 234 g/mol. The maximum absolute atomic E-state index is 12.2. The third-order valence-electron chi connectivity index (χ3n) is 3.08. The third kappa shape index (κ3) is 1.28. The summed E-state index contributed by atoms with van der Waals surface area (Å²) < 4.78 is 0. The zero-order valence-electron chi connectivity index (χ0n) is 9.24. The molecule has 2 aliphatic rings. The molecule has 1 aliphatic heterocycles. The highest BCUT2D eigenvalue weighted by atomic mass is 32.2. The molecule has 3 rings (SSSR count). The Labute approximate surface area is 102 Å². The molecule has 4 heteroatoms. The van der Waals surface area contributed by atoms with E-state index >= 15 is 0 Å². The number of hydrogen-bond acceptors (Lipinski definition) is 3. The number of carbonyl (C=O) groups excluding carboxylic acids is 2. The van der Waals surface area contributed by atoms with Gasteiger partial charge in [0.25, 0.3) is 0 Å². The fourth-order valence-corrected chi connectivity index (χ4v) is 3.16. The Morgan fingerprint density at radius 1 is 1.29 bits per heavy atom. The van der Waals surface area contributed by atoms with E-state index in [1.165, 1.54) is 0 Å². The summed E-state index contributed by atoms with van der Waals surface area (Å²) in [4.78, 5) is 24.8. The third-order valence-corrected chi connectivity index (χ3v) is 3.94. The molecule has 1 amide bonds. The fourth-order valence-electron chi connectivity index (χ4n) is 2.34. The summed E-state index contributed by atoms with van der Waals surface area (Å²) in [6.45, 7) is 1.89. The van der Waals surface area contributed by atoms with E-state index < -0.39 is 5.91 Å². The molecule has 0 bridgehead atoms. The highest BCUT2D eigenvalue weighted by molar-refractivity contribution is 8.02. The summed E-state index contributed by atoms with van der Waals surface area (Å²) in [6.07, 6.45) is 1.83. The molecule has 0 saturated carbocycles. The van der Waals surface area contributed by atoms with E-state index in [0.29, 0.717) is 5.56 Å². The Balaban J connectivity index is 2.42. The smallest absolute Gasteiger partial charge is 0.290 e. The number of benzene rings is 1. The number of allylic oxidation sites excluding steroid dienone is 2. The first kappa shape index (κ1) is 10.5. The highest BCUT2D eigenvalue weighted by Gasteiger charge is 2.37. The molecule has 0 atom stereocenters. The van der Waals surface area contributed by atoms with Crippen LogP contribution in [-0.4, -0.2) is 11.7 Å². The Bertz CT molecular complexity index is 641. The number of aryl methyl sites for hydroxylation is 1. The van der Waals surface area contributed by atoms with Crippen LogP contribution in [0.2, 0.25) is 0 Å². The zero-order valence-corrected chi connectivity index (χ0v) is 10.1. The molecular formula is C13H10NO2S+. The molecule has 17 heavy (non-hydrogen) atoms. The lowest BCUT2D eigenvalue weighted by molar-refractivity contribution is -0.298. The Morgan fingerprint density at radius 2 is 2.06 bits per heavy atom. The van der Waals surface area contributed by atoms with Crippen molar-refractivity contribution in [3.8, 4) is 0 Å². The fraction of sp³-hybridized carbons (Fsp3) is 0.0769. The van der Waals surface area contributed by atoms with Gasteiger partial charge in [0.2, 0.25) is 5.78 Å². The number of quaternary nitrogens is 1. The van der Waals surface area contributed by atoms with Gasteiger partial charge in [-0.05, 0) is 30.0 Å². The molecule has 1 aromatic rings. The molecule has 0 unspecified atom stereocenters. The van der Waals surface area contributed by atoms with Crippen LogP contribution in [0.5, 0.6) is 0 Å². The molecule has 0 aromatic heterocycles. The van der Waals surface area contributed by atoms with Gasteiger partial charge in [-0.15, -0.1) is 0 Å². The Hall–Kier alpha value is -1.65. The highest BCUT2D eigenvalue weighted by Crippen LogP contribution is 2.44. The van der Waals surface area contributed by atoms with E-state index in [9.17, 15) is 9.59 Å². The number of Topliss-reactive ketones (excluding diaryl/α,β-unsaturated/α-hetero) is 1. The molecule has 3 N–H and O–H groups in total. The van der Waals surface area contributed by atoms with Crippen LogP contribution >= 0.6 is 11.8 Å². The van der Waals surface area contributed by atoms with Gasteiger partial charge in [-0.1, -0.05) is 17.8 Å². The SMILES string of the molecule is Cc1ccc2c3c1C(=O)C(C([NH3+])=O)=C3C=CS2. The van der Waals surface area contributed by atoms with Crippen LogP contribution in [0, 0.1) is 6.92 Å². The van der Waals surface area contributed by atoms with E-state index in [1.807, 2.05) is 30.5 Å². The van der Waals surface area contributed by atoms with Crippen LogP contribution in [0.25, 0.3) is 5.57 Å². The van der Waals surface area contributed by atoms with Gasteiger partial charge in [-0.2, -0.15) is 0 Å². The molecule has 1 aliphatic carbocycles. The summed E-state index contributed by atoms with van der Waals surface area (Å²) in [6, 6.07) is 3.92. The predicted octanol–water partition coefficient (Wildman–Crippen LogP) is 1.33. The second-order valence-electron chi connectivity index (χ2n) is 4.09. The zero-order chi connectivity index (χ0) is 12.2. The number of hydrogen-bond donors (Lipinski definition) is 1. The van der Waals surface area contributed by atoms with Crippen molar-refractivity contribution in [3.05, 3.63) is 45.9 Å². The van der Waals surface area contributed by atoms with E-state index in [2.05, 4.69) is 5.73 Å². The van der Waals surface area contributed by atoms with Crippen LogP contribution < -0.4 is 5.73 Å². The number of carbonyl (C=O) groups is 2. The van der Waals surface area contributed by atoms with Crippen LogP contribution in [0.4, 0.5) is 0 Å². The average molecular weight is 244 g/mol. The second-order valence-corrected chi connectivity index (χ2v) is 5.04. The number of amides is 1. The minimum Gasteiger partial charge on any atom is -0.290 e. The average Bonchev–Trinajstić information content (AvgIpc) is 2.58. The first-order valence-corrected chi connectivity index (χ1v) is 6.11. The van der Waals surface area contributed by atoms with Crippen LogP contribution in [0.3, 0.4) is 0 Å². The van der Waals surface area contributed by atoms with Gasteiger partial charge in [-0.3, -0.25) is 10.5 Å². The molecule has 1 aromatic carbocycles. The second kappa shape index (κ2) is 3.42. The maximum Gasteiger partial charge on any atom is 0.345 e. The summed E-state index contributed by atoms with van der Waals surface area (Å²) in [5.41, 5.74) is 6.84. The topological polar surface area (TPSA) is 61.8 Å².